The third-order valence-electron chi connectivity index (χ3n) is 2.94. The molecule has 0 fully saturated rings. The SMILES string of the molecule is NC(CP(=O)(O)O)(CP(=O)(O)O)C(N)(CP(=O)(O)O)CP(=O)(O)O. The molecule has 18 heteroatoms. The molecule has 0 aromatic rings. The third kappa shape index (κ3) is 9.28. The van der Waals surface area contributed by atoms with Crippen molar-refractivity contribution in [1.82, 2.24) is 0 Å². The first-order chi connectivity index (χ1) is 10.1. The molecule has 24 heavy (non-hydrogen) atoms. The van der Waals surface area contributed by atoms with E-state index in [2.05, 4.69) is 0 Å². The van der Waals surface area contributed by atoms with Gasteiger partial charge in [0.25, 0.3) is 0 Å². The zero-order valence-electron chi connectivity index (χ0n) is 12.0. The number of rotatable bonds is 9. The molecule has 12 N–H and O–H groups in total. The van der Waals surface area contributed by atoms with Crippen LogP contribution in [0.15, 0.2) is 0 Å². The highest BCUT2D eigenvalue weighted by molar-refractivity contribution is 7.54. The van der Waals surface area contributed by atoms with E-state index in [1.807, 2.05) is 0 Å². The highest BCUT2D eigenvalue weighted by atomic mass is 31.2. The molecule has 0 bridgehead atoms. The van der Waals surface area contributed by atoms with Crippen molar-refractivity contribution < 1.29 is 57.4 Å². The largest absolute Gasteiger partial charge is 0.327 e. The smallest absolute Gasteiger partial charge is 0.324 e. The van der Waals surface area contributed by atoms with Gasteiger partial charge >= 0.3 is 30.4 Å². The molecule has 0 atom stereocenters. The topological polar surface area (TPSA) is 282 Å². The van der Waals surface area contributed by atoms with Crippen LogP contribution in [0.5, 0.6) is 0 Å². The second kappa shape index (κ2) is 7.26. The van der Waals surface area contributed by atoms with E-state index in [1.165, 1.54) is 0 Å². The number of hydrogen-bond donors (Lipinski definition) is 10. The first-order valence-electron chi connectivity index (χ1n) is 5.84. The van der Waals surface area contributed by atoms with E-state index in [9.17, 15) is 18.3 Å². The Labute approximate surface area is 135 Å². The molecule has 0 aliphatic rings. The van der Waals surface area contributed by atoms with Crippen LogP contribution in [0.2, 0.25) is 0 Å². The second-order valence-corrected chi connectivity index (χ2v) is 12.2. The zero-order chi connectivity index (χ0) is 19.8. The summed E-state index contributed by atoms with van der Waals surface area (Å²) in [6.07, 6.45) is -6.27. The van der Waals surface area contributed by atoms with Crippen LogP contribution < -0.4 is 11.5 Å². The first-order valence-corrected chi connectivity index (χ1v) is 13.0. The minimum Gasteiger partial charge on any atom is -0.324 e. The summed E-state index contributed by atoms with van der Waals surface area (Å²) >= 11 is 0. The maximum absolute atomic E-state index is 11.2. The van der Waals surface area contributed by atoms with E-state index in [0.29, 0.717) is 0 Å². The molecule has 0 saturated heterocycles. The van der Waals surface area contributed by atoms with Crippen LogP contribution in [-0.2, 0) is 18.3 Å². The molecule has 0 aliphatic heterocycles. The summed E-state index contributed by atoms with van der Waals surface area (Å²) in [4.78, 5) is 72.4. The monoisotopic (exact) mass is 436 g/mol. The van der Waals surface area contributed by atoms with Gasteiger partial charge in [0.15, 0.2) is 0 Å². The predicted octanol–water partition coefficient (Wildman–Crippen LogP) is -2.91. The number of hydrogen-bond acceptors (Lipinski definition) is 6. The van der Waals surface area contributed by atoms with Crippen molar-refractivity contribution in [2.45, 2.75) is 11.1 Å². The van der Waals surface area contributed by atoms with Crippen LogP contribution in [0.1, 0.15) is 0 Å². The quantitative estimate of drug-likeness (QED) is 0.162. The van der Waals surface area contributed by atoms with E-state index in [0.717, 1.165) is 0 Å². The van der Waals surface area contributed by atoms with E-state index in [1.54, 1.807) is 0 Å². The Morgan fingerprint density at radius 1 is 0.500 bits per heavy atom. The van der Waals surface area contributed by atoms with E-state index in [-0.39, 0.29) is 0 Å². The maximum Gasteiger partial charge on any atom is 0.327 e. The fourth-order valence-electron chi connectivity index (χ4n) is 2.20. The van der Waals surface area contributed by atoms with Crippen LogP contribution in [0.4, 0.5) is 0 Å². The summed E-state index contributed by atoms with van der Waals surface area (Å²) in [7, 11) is -20.6. The Morgan fingerprint density at radius 2 is 0.625 bits per heavy atom. The number of nitrogens with two attached hydrogens (primary N) is 2. The molecular weight excluding hydrogens is 416 g/mol. The van der Waals surface area contributed by atoms with Crippen molar-refractivity contribution in [2.24, 2.45) is 11.5 Å². The van der Waals surface area contributed by atoms with Crippen molar-refractivity contribution in [3.05, 3.63) is 0 Å². The molecule has 0 aliphatic carbocycles. The van der Waals surface area contributed by atoms with Crippen LogP contribution >= 0.6 is 30.4 Å². The van der Waals surface area contributed by atoms with Gasteiger partial charge in [-0.25, -0.2) is 0 Å². The summed E-state index contributed by atoms with van der Waals surface area (Å²) < 4.78 is 44.9. The first kappa shape index (κ1) is 24.5. The van der Waals surface area contributed by atoms with E-state index < -0.39 is 66.1 Å². The van der Waals surface area contributed by atoms with Gasteiger partial charge in [0.05, 0.1) is 35.7 Å². The molecule has 14 nitrogen and oxygen atoms in total. The molecule has 0 aromatic carbocycles. The van der Waals surface area contributed by atoms with Crippen molar-refractivity contribution in [1.29, 1.82) is 0 Å². The van der Waals surface area contributed by atoms with E-state index in [4.69, 9.17) is 50.6 Å². The van der Waals surface area contributed by atoms with E-state index >= 15 is 0 Å². The molecule has 0 spiro atoms. The van der Waals surface area contributed by atoms with Crippen LogP contribution in [0.3, 0.4) is 0 Å². The van der Waals surface area contributed by atoms with Gasteiger partial charge in [-0.15, -0.1) is 0 Å². The molecule has 0 aromatic heterocycles. The predicted molar refractivity (Wildman–Crippen MR) is 81.5 cm³/mol. The van der Waals surface area contributed by atoms with Gasteiger partial charge in [-0.2, -0.15) is 0 Å². The van der Waals surface area contributed by atoms with Crippen molar-refractivity contribution in [3.8, 4) is 0 Å². The fourth-order valence-corrected chi connectivity index (χ4v) is 7.20. The summed E-state index contributed by atoms with van der Waals surface area (Å²) in [5.41, 5.74) is 5.34. The van der Waals surface area contributed by atoms with Crippen LogP contribution in [0, 0.1) is 0 Å². The second-order valence-electron chi connectivity index (χ2n) is 5.60. The summed E-state index contributed by atoms with van der Waals surface area (Å²) in [5, 5.41) is 0. The molecule has 0 saturated carbocycles. The van der Waals surface area contributed by atoms with Crippen molar-refractivity contribution in [2.75, 3.05) is 24.6 Å². The van der Waals surface area contributed by atoms with Gasteiger partial charge in [0.2, 0.25) is 0 Å². The van der Waals surface area contributed by atoms with Gasteiger partial charge in [-0.05, 0) is 0 Å². The molecule has 0 amide bonds. The minimum atomic E-state index is -5.15. The van der Waals surface area contributed by atoms with Gasteiger partial charge < -0.3 is 50.6 Å². The Balaban J connectivity index is 6.34. The highest BCUT2D eigenvalue weighted by Gasteiger charge is 2.56. The molecule has 0 heterocycles. The average molecular weight is 436 g/mol. The summed E-state index contributed by atoms with van der Waals surface area (Å²) in [6, 6.07) is 0. The zero-order valence-corrected chi connectivity index (χ0v) is 15.6. The van der Waals surface area contributed by atoms with Crippen LogP contribution in [-0.4, -0.2) is 74.9 Å². The minimum absolute atomic E-state index is 1.57. The third-order valence-corrected chi connectivity index (χ3v) is 6.85. The van der Waals surface area contributed by atoms with Gasteiger partial charge in [-0.3, -0.25) is 18.3 Å². The van der Waals surface area contributed by atoms with Crippen molar-refractivity contribution >= 4 is 30.4 Å². The lowest BCUT2D eigenvalue weighted by Crippen LogP contribution is -2.73. The van der Waals surface area contributed by atoms with Gasteiger partial charge in [0.1, 0.15) is 0 Å². The Bertz CT molecular complexity index is 536. The van der Waals surface area contributed by atoms with Gasteiger partial charge in [-0.1, -0.05) is 0 Å². The Morgan fingerprint density at radius 3 is 0.708 bits per heavy atom. The Kier molecular flexibility index (Phi) is 7.42. The average Bonchev–Trinajstić information content (AvgIpc) is 2.01. The summed E-state index contributed by atoms with van der Waals surface area (Å²) in [6.45, 7) is 0. The lowest BCUT2D eigenvalue weighted by molar-refractivity contribution is 0.248. The summed E-state index contributed by atoms with van der Waals surface area (Å²) in [5.74, 6) is 0. The standard InChI is InChI=1S/C6H20N2O12P4/c7-5(1-21(9,10)11,2-22(12,13)14)6(8,3-23(15,16)17)4-24(18,19)20/h1-4,7-8H2,(H2,9,10,11)(H2,12,13,14)(H2,15,16,17)(H2,18,19,20). The van der Waals surface area contributed by atoms with Gasteiger partial charge in [0, 0.05) is 0 Å². The lowest BCUT2D eigenvalue weighted by Gasteiger charge is -2.46. The molecule has 0 rings (SSSR count). The molecule has 0 unspecified atom stereocenters. The maximum atomic E-state index is 11.2. The highest BCUT2D eigenvalue weighted by Crippen LogP contribution is 2.53. The molecular formula is C6H20N2O12P4. The van der Waals surface area contributed by atoms with Crippen molar-refractivity contribution in [3.63, 3.8) is 0 Å². The fraction of sp³-hybridized carbons (Fsp3) is 1.00. The Hall–Kier alpha value is 0.520. The normalized spacial score (nSPS) is 15.6. The molecule has 146 valence electrons. The van der Waals surface area contributed by atoms with Crippen LogP contribution in [0.25, 0.3) is 0 Å². The lowest BCUT2D eigenvalue weighted by atomic mass is 9.83. The molecule has 0 radical (unpaired) electrons.